The number of hydrogen-bond acceptors (Lipinski definition) is 4. The van der Waals surface area contributed by atoms with Gasteiger partial charge in [-0.2, -0.15) is 0 Å². The summed E-state index contributed by atoms with van der Waals surface area (Å²) in [7, 11) is 0. The van der Waals surface area contributed by atoms with Crippen LogP contribution in [0.2, 0.25) is 0 Å². The average Bonchev–Trinajstić information content (AvgIpc) is 2.71. The number of anilines is 1. The zero-order chi connectivity index (χ0) is 19.9. The molecule has 3 aromatic rings. The summed E-state index contributed by atoms with van der Waals surface area (Å²) in [6.07, 6.45) is 0. The molecule has 0 atom stereocenters. The number of amides is 2. The number of hydrogen-bond donors (Lipinski definition) is 2. The number of ether oxygens (including phenoxy) is 1. The summed E-state index contributed by atoms with van der Waals surface area (Å²) in [5, 5.41) is 6.77. The van der Waals surface area contributed by atoms with Gasteiger partial charge in [0.1, 0.15) is 12.4 Å². The van der Waals surface area contributed by atoms with E-state index in [0.29, 0.717) is 5.69 Å². The average molecular weight is 380 g/mol. The lowest BCUT2D eigenvalue weighted by atomic mass is 10.1. The van der Waals surface area contributed by atoms with Crippen LogP contribution in [0.3, 0.4) is 0 Å². The zero-order valence-corrected chi connectivity index (χ0v) is 14.8. The molecular weight excluding hydrogens is 363 g/mol. The molecule has 0 fully saturated rings. The quantitative estimate of drug-likeness (QED) is 0.644. The van der Waals surface area contributed by atoms with Gasteiger partial charge in [-0.05, 0) is 23.6 Å². The largest absolute Gasteiger partial charge is 0.454 e. The first kappa shape index (κ1) is 19.0. The van der Waals surface area contributed by atoms with E-state index in [2.05, 4.69) is 10.6 Å². The third-order valence-corrected chi connectivity index (χ3v) is 3.94. The van der Waals surface area contributed by atoms with Crippen LogP contribution >= 0.6 is 0 Å². The van der Waals surface area contributed by atoms with Gasteiger partial charge in [0, 0.05) is 11.1 Å². The minimum absolute atomic E-state index is 0.177. The van der Waals surface area contributed by atoms with Gasteiger partial charge in [-0.25, -0.2) is 4.39 Å². The summed E-state index contributed by atoms with van der Waals surface area (Å²) >= 11 is 0. The van der Waals surface area contributed by atoms with Crippen LogP contribution in [0.15, 0.2) is 66.7 Å². The first-order valence-electron chi connectivity index (χ1n) is 8.50. The Balaban J connectivity index is 1.48. The number of fused-ring (bicyclic) bond motifs is 1. The molecule has 0 aliphatic heterocycles. The predicted octanol–water partition coefficient (Wildman–Crippen LogP) is 2.89. The van der Waals surface area contributed by atoms with Gasteiger partial charge in [-0.1, -0.05) is 48.5 Å². The van der Waals surface area contributed by atoms with Crippen molar-refractivity contribution in [3.8, 4) is 0 Å². The summed E-state index contributed by atoms with van der Waals surface area (Å²) in [6, 6.07) is 18.4. The van der Waals surface area contributed by atoms with E-state index in [9.17, 15) is 18.8 Å². The van der Waals surface area contributed by atoms with E-state index in [1.807, 2.05) is 36.4 Å². The number of carbonyl (C=O) groups is 3. The summed E-state index contributed by atoms with van der Waals surface area (Å²) < 4.78 is 18.4. The number of esters is 1. The van der Waals surface area contributed by atoms with Crippen molar-refractivity contribution in [2.75, 3.05) is 18.5 Å². The highest BCUT2D eigenvalue weighted by atomic mass is 19.1. The van der Waals surface area contributed by atoms with Gasteiger partial charge in [-0.3, -0.25) is 14.4 Å². The number of nitrogens with one attached hydrogen (secondary N) is 2. The Labute approximate surface area is 160 Å². The topological polar surface area (TPSA) is 84.5 Å². The molecule has 0 spiro atoms. The highest BCUT2D eigenvalue weighted by molar-refractivity contribution is 6.03. The SMILES string of the molecule is O=C(COC(=O)CNC(=O)c1ccccc1F)Nc1cccc2ccccc12. The normalized spacial score (nSPS) is 10.3. The second kappa shape index (κ2) is 8.77. The van der Waals surface area contributed by atoms with Gasteiger partial charge in [0.2, 0.25) is 0 Å². The molecule has 0 aromatic heterocycles. The molecule has 7 heteroatoms. The van der Waals surface area contributed by atoms with Crippen LogP contribution in [0.1, 0.15) is 10.4 Å². The molecule has 0 unspecified atom stereocenters. The van der Waals surface area contributed by atoms with Gasteiger partial charge in [0.15, 0.2) is 6.61 Å². The molecule has 0 saturated heterocycles. The molecule has 0 bridgehead atoms. The van der Waals surface area contributed by atoms with E-state index in [1.54, 1.807) is 6.07 Å². The van der Waals surface area contributed by atoms with Gasteiger partial charge in [0.05, 0.1) is 5.56 Å². The monoisotopic (exact) mass is 380 g/mol. The van der Waals surface area contributed by atoms with E-state index >= 15 is 0 Å². The zero-order valence-electron chi connectivity index (χ0n) is 14.8. The first-order valence-corrected chi connectivity index (χ1v) is 8.50. The van der Waals surface area contributed by atoms with Gasteiger partial charge in [-0.15, -0.1) is 0 Å². The summed E-state index contributed by atoms with van der Waals surface area (Å²) in [6.45, 7) is -0.980. The standard InChI is InChI=1S/C21H17FN2O4/c22-17-10-4-3-9-16(17)21(27)23-12-20(26)28-13-19(25)24-18-11-5-7-14-6-1-2-8-15(14)18/h1-11H,12-13H2,(H,23,27)(H,24,25). The Kier molecular flexibility index (Phi) is 5.96. The van der Waals surface area contributed by atoms with E-state index in [4.69, 9.17) is 4.74 Å². The van der Waals surface area contributed by atoms with E-state index < -0.39 is 36.8 Å². The molecule has 2 N–H and O–H groups in total. The van der Waals surface area contributed by atoms with Crippen LogP contribution in [0.4, 0.5) is 10.1 Å². The van der Waals surface area contributed by atoms with Crippen molar-refractivity contribution >= 4 is 34.2 Å². The first-order chi connectivity index (χ1) is 13.5. The smallest absolute Gasteiger partial charge is 0.325 e. The van der Waals surface area contributed by atoms with E-state index in [-0.39, 0.29) is 5.56 Å². The van der Waals surface area contributed by atoms with Crippen molar-refractivity contribution in [3.63, 3.8) is 0 Å². The molecule has 0 radical (unpaired) electrons. The van der Waals surface area contributed by atoms with E-state index in [1.165, 1.54) is 18.2 Å². The molecule has 6 nitrogen and oxygen atoms in total. The molecular formula is C21H17FN2O4. The second-order valence-electron chi connectivity index (χ2n) is 5.90. The molecule has 0 aliphatic rings. The van der Waals surface area contributed by atoms with Crippen LogP contribution in [-0.2, 0) is 14.3 Å². The van der Waals surface area contributed by atoms with Crippen LogP contribution in [-0.4, -0.2) is 30.9 Å². The molecule has 0 saturated carbocycles. The summed E-state index contributed by atoms with van der Waals surface area (Å²) in [4.78, 5) is 35.6. The van der Waals surface area contributed by atoms with Crippen molar-refractivity contribution < 1.29 is 23.5 Å². The Morgan fingerprint density at radius 3 is 2.43 bits per heavy atom. The van der Waals surface area contributed by atoms with Crippen LogP contribution < -0.4 is 10.6 Å². The van der Waals surface area contributed by atoms with Crippen LogP contribution in [0.5, 0.6) is 0 Å². The molecule has 28 heavy (non-hydrogen) atoms. The third kappa shape index (κ3) is 4.70. The fourth-order valence-corrected chi connectivity index (χ4v) is 2.61. The van der Waals surface area contributed by atoms with Crippen molar-refractivity contribution in [1.29, 1.82) is 0 Å². The lowest BCUT2D eigenvalue weighted by molar-refractivity contribution is -0.146. The van der Waals surface area contributed by atoms with Crippen molar-refractivity contribution in [3.05, 3.63) is 78.1 Å². The Morgan fingerprint density at radius 1 is 0.893 bits per heavy atom. The maximum absolute atomic E-state index is 13.5. The Bertz CT molecular complexity index is 1030. The third-order valence-electron chi connectivity index (χ3n) is 3.94. The predicted molar refractivity (Wildman–Crippen MR) is 102 cm³/mol. The molecule has 0 heterocycles. The summed E-state index contributed by atoms with van der Waals surface area (Å²) in [5.74, 6) is -2.75. The van der Waals surface area contributed by atoms with Gasteiger partial charge < -0.3 is 15.4 Å². The second-order valence-corrected chi connectivity index (χ2v) is 5.90. The fraction of sp³-hybridized carbons (Fsp3) is 0.0952. The number of rotatable bonds is 6. The van der Waals surface area contributed by atoms with Crippen LogP contribution in [0.25, 0.3) is 10.8 Å². The maximum atomic E-state index is 13.5. The van der Waals surface area contributed by atoms with E-state index in [0.717, 1.165) is 16.8 Å². The highest BCUT2D eigenvalue weighted by Crippen LogP contribution is 2.22. The minimum atomic E-state index is -0.808. The highest BCUT2D eigenvalue weighted by Gasteiger charge is 2.14. The fourth-order valence-electron chi connectivity index (χ4n) is 2.61. The van der Waals surface area contributed by atoms with Crippen molar-refractivity contribution in [1.82, 2.24) is 5.32 Å². The van der Waals surface area contributed by atoms with Crippen LogP contribution in [0, 0.1) is 5.82 Å². The molecule has 0 aliphatic carbocycles. The molecule has 2 amide bonds. The summed E-state index contributed by atoms with van der Waals surface area (Å²) in [5.41, 5.74) is 0.427. The van der Waals surface area contributed by atoms with Crippen molar-refractivity contribution in [2.24, 2.45) is 0 Å². The Morgan fingerprint density at radius 2 is 1.61 bits per heavy atom. The Hall–Kier alpha value is -3.74. The van der Waals surface area contributed by atoms with Gasteiger partial charge in [0.25, 0.3) is 11.8 Å². The lowest BCUT2D eigenvalue weighted by Crippen LogP contribution is -2.32. The number of benzene rings is 3. The number of halogens is 1. The number of carbonyl (C=O) groups excluding carboxylic acids is 3. The molecule has 3 aromatic carbocycles. The van der Waals surface area contributed by atoms with Gasteiger partial charge >= 0.3 is 5.97 Å². The van der Waals surface area contributed by atoms with Crippen molar-refractivity contribution in [2.45, 2.75) is 0 Å². The maximum Gasteiger partial charge on any atom is 0.325 e. The minimum Gasteiger partial charge on any atom is -0.454 e. The molecule has 3 rings (SSSR count). The molecule has 142 valence electrons. The lowest BCUT2D eigenvalue weighted by Gasteiger charge is -2.10.